The Morgan fingerprint density at radius 1 is 1.32 bits per heavy atom. The van der Waals surface area contributed by atoms with E-state index in [2.05, 4.69) is 38.2 Å². The number of nitrogens with one attached hydrogen (secondary N) is 3. The fraction of sp³-hybridized carbons (Fsp3) is 0.476. The van der Waals surface area contributed by atoms with E-state index in [-0.39, 0.29) is 11.8 Å². The van der Waals surface area contributed by atoms with Crippen molar-refractivity contribution in [2.75, 3.05) is 18.4 Å². The summed E-state index contributed by atoms with van der Waals surface area (Å²) in [5.74, 6) is 1.12. The van der Waals surface area contributed by atoms with Crippen molar-refractivity contribution in [2.24, 2.45) is 10.9 Å². The van der Waals surface area contributed by atoms with Gasteiger partial charge in [-0.15, -0.1) is 11.3 Å². The molecule has 0 aliphatic heterocycles. The quantitative estimate of drug-likeness (QED) is 0.469. The highest BCUT2D eigenvalue weighted by Crippen LogP contribution is 2.27. The SMILES string of the molecule is CCNC(=NCc1cccc(NC(=O)C2CCC2)c1)NCCc1csc(C)n1. The average Bonchev–Trinajstić information content (AvgIpc) is 3.03. The van der Waals surface area contributed by atoms with E-state index in [9.17, 15) is 4.79 Å². The van der Waals surface area contributed by atoms with E-state index in [0.717, 1.165) is 66.7 Å². The predicted octanol–water partition coefficient (Wildman–Crippen LogP) is 3.49. The van der Waals surface area contributed by atoms with Crippen LogP contribution in [0.3, 0.4) is 0 Å². The Kier molecular flexibility index (Phi) is 7.42. The number of aliphatic imine (C=N–C) groups is 1. The van der Waals surface area contributed by atoms with Gasteiger partial charge < -0.3 is 16.0 Å². The highest BCUT2D eigenvalue weighted by Gasteiger charge is 2.25. The fourth-order valence-electron chi connectivity index (χ4n) is 3.01. The van der Waals surface area contributed by atoms with Gasteiger partial charge in [0.15, 0.2) is 5.96 Å². The van der Waals surface area contributed by atoms with Crippen LogP contribution in [0, 0.1) is 12.8 Å². The Bertz CT molecular complexity index is 813. The van der Waals surface area contributed by atoms with Gasteiger partial charge in [0.1, 0.15) is 0 Å². The third-order valence-corrected chi connectivity index (χ3v) is 5.60. The number of hydrogen-bond donors (Lipinski definition) is 3. The van der Waals surface area contributed by atoms with E-state index in [0.29, 0.717) is 6.54 Å². The summed E-state index contributed by atoms with van der Waals surface area (Å²) in [4.78, 5) is 21.3. The summed E-state index contributed by atoms with van der Waals surface area (Å²) in [5.41, 5.74) is 3.03. The Hall–Kier alpha value is -2.41. The molecule has 0 unspecified atom stereocenters. The fourth-order valence-corrected chi connectivity index (χ4v) is 3.65. The first kappa shape index (κ1) is 20.3. The van der Waals surface area contributed by atoms with Crippen LogP contribution < -0.4 is 16.0 Å². The van der Waals surface area contributed by atoms with Gasteiger partial charge in [-0.2, -0.15) is 0 Å². The Morgan fingerprint density at radius 3 is 2.86 bits per heavy atom. The highest BCUT2D eigenvalue weighted by atomic mass is 32.1. The van der Waals surface area contributed by atoms with Crippen molar-refractivity contribution in [1.29, 1.82) is 0 Å². The van der Waals surface area contributed by atoms with E-state index in [1.807, 2.05) is 31.2 Å². The van der Waals surface area contributed by atoms with Gasteiger partial charge in [-0.25, -0.2) is 9.98 Å². The minimum Gasteiger partial charge on any atom is -0.357 e. The Labute approximate surface area is 170 Å². The number of nitrogens with zero attached hydrogens (tertiary/aromatic N) is 2. The summed E-state index contributed by atoms with van der Waals surface area (Å²) in [6, 6.07) is 7.93. The first-order valence-corrected chi connectivity index (χ1v) is 10.8. The summed E-state index contributed by atoms with van der Waals surface area (Å²) in [5, 5.41) is 12.9. The zero-order valence-corrected chi connectivity index (χ0v) is 17.4. The molecule has 1 aromatic carbocycles. The van der Waals surface area contributed by atoms with Gasteiger partial charge in [0.25, 0.3) is 0 Å². The lowest BCUT2D eigenvalue weighted by molar-refractivity contribution is -0.122. The predicted molar refractivity (Wildman–Crippen MR) is 116 cm³/mol. The number of hydrogen-bond acceptors (Lipinski definition) is 4. The van der Waals surface area contributed by atoms with Gasteiger partial charge in [-0.05, 0) is 44.4 Å². The molecule has 1 aromatic heterocycles. The molecule has 150 valence electrons. The van der Waals surface area contributed by atoms with Crippen LogP contribution in [0.25, 0.3) is 0 Å². The van der Waals surface area contributed by atoms with E-state index in [1.54, 1.807) is 11.3 Å². The van der Waals surface area contributed by atoms with Crippen LogP contribution in [0.5, 0.6) is 0 Å². The third-order valence-electron chi connectivity index (χ3n) is 4.77. The van der Waals surface area contributed by atoms with Crippen LogP contribution in [-0.2, 0) is 17.8 Å². The van der Waals surface area contributed by atoms with Gasteiger partial charge in [-0.3, -0.25) is 4.79 Å². The van der Waals surface area contributed by atoms with Gasteiger partial charge in [0.05, 0.1) is 17.2 Å². The molecule has 0 atom stereocenters. The molecule has 1 aliphatic rings. The Morgan fingerprint density at radius 2 is 2.18 bits per heavy atom. The number of rotatable bonds is 8. The molecule has 7 heteroatoms. The second kappa shape index (κ2) is 10.2. The third kappa shape index (κ3) is 6.05. The largest absolute Gasteiger partial charge is 0.357 e. The maximum Gasteiger partial charge on any atom is 0.227 e. The van der Waals surface area contributed by atoms with E-state index >= 15 is 0 Å². The van der Waals surface area contributed by atoms with Crippen LogP contribution in [0.4, 0.5) is 5.69 Å². The van der Waals surface area contributed by atoms with Crippen molar-refractivity contribution in [1.82, 2.24) is 15.6 Å². The van der Waals surface area contributed by atoms with Crippen molar-refractivity contribution in [2.45, 2.75) is 46.1 Å². The average molecular weight is 400 g/mol. The highest BCUT2D eigenvalue weighted by molar-refractivity contribution is 7.09. The molecule has 1 aliphatic carbocycles. The lowest BCUT2D eigenvalue weighted by Gasteiger charge is -2.24. The number of benzene rings is 1. The summed E-state index contributed by atoms with van der Waals surface area (Å²) < 4.78 is 0. The normalized spacial score (nSPS) is 14.4. The molecule has 2 aromatic rings. The summed E-state index contributed by atoms with van der Waals surface area (Å²) in [6.45, 7) is 6.22. The van der Waals surface area contributed by atoms with Crippen LogP contribution >= 0.6 is 11.3 Å². The van der Waals surface area contributed by atoms with Crippen molar-refractivity contribution in [3.8, 4) is 0 Å². The van der Waals surface area contributed by atoms with E-state index < -0.39 is 0 Å². The molecule has 0 radical (unpaired) electrons. The van der Waals surface area contributed by atoms with Gasteiger partial charge >= 0.3 is 0 Å². The Balaban J connectivity index is 1.52. The summed E-state index contributed by atoms with van der Waals surface area (Å²) in [6.07, 6.45) is 4.05. The number of thiazole rings is 1. The summed E-state index contributed by atoms with van der Waals surface area (Å²) in [7, 11) is 0. The number of aryl methyl sites for hydroxylation is 1. The molecule has 0 saturated heterocycles. The maximum atomic E-state index is 12.1. The van der Waals surface area contributed by atoms with Crippen molar-refractivity contribution >= 4 is 28.9 Å². The molecule has 3 rings (SSSR count). The molecular weight excluding hydrogens is 370 g/mol. The second-order valence-electron chi connectivity index (χ2n) is 7.05. The number of carbonyl (C=O) groups is 1. The zero-order chi connectivity index (χ0) is 19.8. The van der Waals surface area contributed by atoms with Crippen molar-refractivity contribution in [3.63, 3.8) is 0 Å². The molecule has 0 spiro atoms. The summed E-state index contributed by atoms with van der Waals surface area (Å²) >= 11 is 1.68. The molecule has 1 amide bonds. The smallest absolute Gasteiger partial charge is 0.227 e. The second-order valence-corrected chi connectivity index (χ2v) is 8.11. The van der Waals surface area contributed by atoms with Crippen LogP contribution in [0.1, 0.15) is 42.5 Å². The number of anilines is 1. The molecule has 1 fully saturated rings. The minimum absolute atomic E-state index is 0.138. The zero-order valence-electron chi connectivity index (χ0n) is 16.6. The topological polar surface area (TPSA) is 78.4 Å². The molecule has 0 bridgehead atoms. The molecule has 28 heavy (non-hydrogen) atoms. The van der Waals surface area contributed by atoms with Crippen molar-refractivity contribution in [3.05, 3.63) is 45.9 Å². The molecular formula is C21H29N5OS. The standard InChI is InChI=1S/C21H29N5OS/c1-3-22-21(23-11-10-19-14-28-15(2)25-19)24-13-16-6-4-9-18(12-16)26-20(27)17-7-5-8-17/h4,6,9,12,14,17H,3,5,7-8,10-11,13H2,1-2H3,(H,26,27)(H2,22,23,24). The number of aromatic nitrogens is 1. The van der Waals surface area contributed by atoms with Crippen LogP contribution in [-0.4, -0.2) is 29.9 Å². The van der Waals surface area contributed by atoms with E-state index in [1.165, 1.54) is 0 Å². The van der Waals surface area contributed by atoms with E-state index in [4.69, 9.17) is 0 Å². The lowest BCUT2D eigenvalue weighted by atomic mass is 9.85. The molecule has 6 nitrogen and oxygen atoms in total. The first-order valence-electron chi connectivity index (χ1n) is 9.97. The van der Waals surface area contributed by atoms with Gasteiger partial charge in [0, 0.05) is 36.5 Å². The maximum absolute atomic E-state index is 12.1. The molecule has 1 heterocycles. The minimum atomic E-state index is 0.138. The number of guanidine groups is 1. The van der Waals surface area contributed by atoms with Gasteiger partial charge in [0.2, 0.25) is 5.91 Å². The number of amides is 1. The van der Waals surface area contributed by atoms with Crippen molar-refractivity contribution < 1.29 is 4.79 Å². The van der Waals surface area contributed by atoms with Crippen LogP contribution in [0.15, 0.2) is 34.6 Å². The van der Waals surface area contributed by atoms with Crippen LogP contribution in [0.2, 0.25) is 0 Å². The first-order chi connectivity index (χ1) is 13.6. The molecule has 3 N–H and O–H groups in total. The monoisotopic (exact) mass is 399 g/mol. The number of carbonyl (C=O) groups excluding carboxylic acids is 1. The molecule has 1 saturated carbocycles. The lowest BCUT2D eigenvalue weighted by Crippen LogP contribution is -2.38. The van der Waals surface area contributed by atoms with Gasteiger partial charge in [-0.1, -0.05) is 18.6 Å².